The summed E-state index contributed by atoms with van der Waals surface area (Å²) in [6.45, 7) is -1.71. The van der Waals surface area contributed by atoms with E-state index in [4.69, 9.17) is 76.1 Å². The average molecular weight is 838 g/mol. The van der Waals surface area contributed by atoms with E-state index < -0.39 is 97.0 Å². The minimum Gasteiger partial charge on any atom is -0.394 e. The first kappa shape index (κ1) is 48.3. The lowest BCUT2D eigenvalue weighted by atomic mass is 10.3. The lowest BCUT2D eigenvalue weighted by molar-refractivity contribution is 0.0188. The lowest BCUT2D eigenvalue weighted by Crippen LogP contribution is -2.32. The topological polar surface area (TPSA) is 444 Å². The molecule has 0 aliphatic carbocycles. The highest BCUT2D eigenvalue weighted by atomic mass is 31.2. The largest absolute Gasteiger partial charge is 0.394 e. The first-order chi connectivity index (χ1) is 24.9. The Balaban J connectivity index is 0.000000405. The molecule has 0 saturated heterocycles. The lowest BCUT2D eigenvalue weighted by Gasteiger charge is -2.16. The molecule has 0 radical (unpaired) electrons. The van der Waals surface area contributed by atoms with Crippen molar-refractivity contribution in [3.8, 4) is 0 Å². The molecule has 0 aromatic carbocycles. The zero-order valence-corrected chi connectivity index (χ0v) is 30.7. The van der Waals surface area contributed by atoms with Gasteiger partial charge in [0.1, 0.15) is 36.5 Å². The molecule has 0 bridgehead atoms. The molecule has 27 nitrogen and oxygen atoms in total. The molecule has 30 heteroatoms. The van der Waals surface area contributed by atoms with Gasteiger partial charge in [-0.05, 0) is 18.2 Å². The van der Waals surface area contributed by atoms with E-state index in [0.717, 1.165) is 13.7 Å². The highest BCUT2D eigenvalue weighted by molar-refractivity contribution is 7.52. The van der Waals surface area contributed by atoms with Gasteiger partial charge in [-0.1, -0.05) is 0 Å². The summed E-state index contributed by atoms with van der Waals surface area (Å²) in [6, 6.07) is 4.16. The molecule has 3 aromatic heterocycles. The van der Waals surface area contributed by atoms with Crippen molar-refractivity contribution in [3.63, 3.8) is 0 Å². The molecule has 15 N–H and O–H groups in total. The van der Waals surface area contributed by atoms with Gasteiger partial charge >= 0.3 is 39.9 Å². The Morgan fingerprint density at radius 2 is 0.741 bits per heavy atom. The number of nitrogen functional groups attached to an aromatic ring is 3. The summed E-state index contributed by atoms with van der Waals surface area (Å²) in [6.07, 6.45) is -1.15. The highest BCUT2D eigenvalue weighted by Gasteiger charge is 2.20. The van der Waals surface area contributed by atoms with Crippen LogP contribution in [-0.2, 0) is 47.5 Å². The zero-order valence-electron chi connectivity index (χ0n) is 28.0. The van der Waals surface area contributed by atoms with Crippen LogP contribution < -0.4 is 34.3 Å². The van der Waals surface area contributed by atoms with Gasteiger partial charge < -0.3 is 76.1 Å². The molecule has 54 heavy (non-hydrogen) atoms. The molecule has 306 valence electrons. The van der Waals surface area contributed by atoms with Crippen molar-refractivity contribution < 1.29 is 72.6 Å². The monoisotopic (exact) mass is 837 g/mol. The Labute approximate surface area is 303 Å². The summed E-state index contributed by atoms with van der Waals surface area (Å²) in [7, 11) is -12.9. The second kappa shape index (κ2) is 22.6. The van der Waals surface area contributed by atoms with Crippen LogP contribution in [0.3, 0.4) is 0 Å². The number of ether oxygens (including phenoxy) is 3. The Morgan fingerprint density at radius 3 is 0.907 bits per heavy atom. The Kier molecular flexibility index (Phi) is 20.2. The molecule has 3 atom stereocenters. The van der Waals surface area contributed by atoms with Gasteiger partial charge in [0.2, 0.25) is 0 Å². The fourth-order valence-corrected chi connectivity index (χ4v) is 4.71. The van der Waals surface area contributed by atoms with Crippen molar-refractivity contribution in [1.82, 2.24) is 28.7 Å². The van der Waals surface area contributed by atoms with Crippen molar-refractivity contribution >= 4 is 40.2 Å². The number of hydrogen-bond acceptors (Lipinski definition) is 18. The summed E-state index contributed by atoms with van der Waals surface area (Å²) >= 11 is 0. The maximum atomic E-state index is 11.4. The third-order valence-electron chi connectivity index (χ3n) is 5.93. The Morgan fingerprint density at radius 1 is 0.519 bits per heavy atom. The minimum atomic E-state index is -4.31. The van der Waals surface area contributed by atoms with Crippen molar-refractivity contribution in [2.45, 2.75) is 37.9 Å². The third-order valence-corrected chi connectivity index (χ3v) is 7.39. The standard InChI is InChI=1S/3C8H14N3O6P/c3*9-7-1-2-11(8(13)10-7)3-6(4-12)17-5-18(14,15)16/h3*1-2,6,12H,3-5H2,(H2,9,10,13)(H2,14,15,16)/t3*6-/m000/s1. The van der Waals surface area contributed by atoms with Crippen LogP contribution in [0.1, 0.15) is 0 Å². The Bertz CT molecular complexity index is 1710. The van der Waals surface area contributed by atoms with Crippen LogP contribution >= 0.6 is 22.8 Å². The van der Waals surface area contributed by atoms with Crippen LogP contribution in [-0.4, -0.2) is 131 Å². The number of hydrogen-bond donors (Lipinski definition) is 12. The maximum Gasteiger partial charge on any atom is 0.350 e. The van der Waals surface area contributed by atoms with Crippen molar-refractivity contribution in [2.75, 3.05) is 56.1 Å². The van der Waals surface area contributed by atoms with Crippen LogP contribution in [0.2, 0.25) is 0 Å². The first-order valence-electron chi connectivity index (χ1n) is 14.7. The van der Waals surface area contributed by atoms with E-state index in [9.17, 15) is 28.1 Å². The average Bonchev–Trinajstić information content (AvgIpc) is 3.05. The predicted molar refractivity (Wildman–Crippen MR) is 185 cm³/mol. The van der Waals surface area contributed by atoms with Crippen LogP contribution in [0.15, 0.2) is 51.2 Å². The van der Waals surface area contributed by atoms with E-state index in [-0.39, 0.29) is 37.1 Å². The SMILES string of the molecule is Nc1ccn(C[C@@H](CO)OCP(=O)(O)O)c(=O)n1.Nc1ccn(C[C@@H](CO)OCP(=O)(O)O)c(=O)n1.Nc1ccn(C[C@@H](CO)OCP(=O)(O)O)c(=O)n1. The smallest absolute Gasteiger partial charge is 0.350 e. The summed E-state index contributed by atoms with van der Waals surface area (Å²) in [5.41, 5.74) is 14.0. The van der Waals surface area contributed by atoms with Crippen molar-refractivity contribution in [3.05, 3.63) is 68.2 Å². The molecule has 0 spiro atoms. The fraction of sp³-hybridized carbons (Fsp3) is 0.500. The predicted octanol–water partition coefficient (Wildman–Crippen LogP) is -4.99. The molecule has 0 fully saturated rings. The molecule has 0 amide bonds. The quantitative estimate of drug-likeness (QED) is 0.0534. The highest BCUT2D eigenvalue weighted by Crippen LogP contribution is 2.35. The van der Waals surface area contributed by atoms with Crippen LogP contribution in [0, 0.1) is 0 Å². The second-order valence-corrected chi connectivity index (χ2v) is 15.4. The van der Waals surface area contributed by atoms with Crippen LogP contribution in [0.4, 0.5) is 17.5 Å². The first-order valence-corrected chi connectivity index (χ1v) is 20.1. The number of aromatic nitrogens is 6. The van der Waals surface area contributed by atoms with Gasteiger partial charge in [0, 0.05) is 18.6 Å². The summed E-state index contributed by atoms with van der Waals surface area (Å²) in [4.78, 5) is 96.3. The van der Waals surface area contributed by atoms with Crippen molar-refractivity contribution in [2.24, 2.45) is 0 Å². The van der Waals surface area contributed by atoms with Crippen molar-refractivity contribution in [1.29, 1.82) is 0 Å². The molecular formula is C24H42N9O18P3. The summed E-state index contributed by atoms with van der Waals surface area (Å²) in [5.74, 6) is 0.189. The summed E-state index contributed by atoms with van der Waals surface area (Å²) < 4.78 is 49.6. The molecule has 3 rings (SSSR count). The number of nitrogens with zero attached hydrogens (tertiary/aromatic N) is 6. The van der Waals surface area contributed by atoms with Gasteiger partial charge in [0.15, 0.2) is 0 Å². The number of nitrogens with two attached hydrogens (primary N) is 3. The molecule has 0 saturated carbocycles. The number of anilines is 3. The maximum absolute atomic E-state index is 11.4. The third kappa shape index (κ3) is 21.2. The molecular weight excluding hydrogens is 795 g/mol. The second-order valence-electron chi connectivity index (χ2n) is 10.7. The van der Waals surface area contributed by atoms with E-state index in [1.54, 1.807) is 0 Å². The van der Waals surface area contributed by atoms with E-state index in [1.165, 1.54) is 36.8 Å². The van der Waals surface area contributed by atoms with E-state index in [0.29, 0.717) is 0 Å². The van der Waals surface area contributed by atoms with Gasteiger partial charge in [-0.2, -0.15) is 15.0 Å². The minimum absolute atomic E-state index is 0.0629. The van der Waals surface area contributed by atoms with E-state index >= 15 is 0 Å². The molecule has 0 aliphatic heterocycles. The molecule has 0 aliphatic rings. The van der Waals surface area contributed by atoms with E-state index in [1.807, 2.05) is 0 Å². The number of aliphatic hydroxyl groups excluding tert-OH is 3. The molecule has 3 heterocycles. The molecule has 3 aromatic rings. The van der Waals surface area contributed by atoms with Gasteiger partial charge in [-0.3, -0.25) is 27.4 Å². The fourth-order valence-electron chi connectivity index (χ4n) is 3.50. The Hall–Kier alpha value is -3.75. The van der Waals surface area contributed by atoms with E-state index in [2.05, 4.69) is 15.0 Å². The molecule has 0 unspecified atom stereocenters. The van der Waals surface area contributed by atoms with Gasteiger partial charge in [0.05, 0.1) is 57.8 Å². The van der Waals surface area contributed by atoms with Gasteiger partial charge in [0.25, 0.3) is 0 Å². The zero-order chi connectivity index (χ0) is 41.3. The number of rotatable bonds is 18. The van der Waals surface area contributed by atoms with Crippen LogP contribution in [0.25, 0.3) is 0 Å². The summed E-state index contributed by atoms with van der Waals surface area (Å²) in [5, 5.41) is 27.0. The van der Waals surface area contributed by atoms with Crippen LogP contribution in [0.5, 0.6) is 0 Å². The van der Waals surface area contributed by atoms with Gasteiger partial charge in [-0.15, -0.1) is 0 Å². The number of aliphatic hydroxyl groups is 3. The van der Waals surface area contributed by atoms with Gasteiger partial charge in [-0.25, -0.2) is 14.4 Å². The normalized spacial score (nSPS) is 13.5.